The molecular formula is C20H19N3O2. The van der Waals surface area contributed by atoms with Crippen LogP contribution in [0.4, 0.5) is 0 Å². The summed E-state index contributed by atoms with van der Waals surface area (Å²) in [5.41, 5.74) is 2.73. The van der Waals surface area contributed by atoms with Crippen molar-refractivity contribution in [3.8, 4) is 0 Å². The molecule has 0 spiro atoms. The van der Waals surface area contributed by atoms with E-state index in [9.17, 15) is 9.59 Å². The first-order chi connectivity index (χ1) is 12.3. The molecule has 2 aliphatic rings. The average Bonchev–Trinajstić information content (AvgIpc) is 3.26. The topological polar surface area (TPSA) is 53.5 Å². The minimum atomic E-state index is -0.220. The highest BCUT2D eigenvalue weighted by Crippen LogP contribution is 2.33. The zero-order valence-electron chi connectivity index (χ0n) is 13.9. The first-order valence-corrected chi connectivity index (χ1v) is 8.55. The monoisotopic (exact) mass is 333 g/mol. The van der Waals surface area contributed by atoms with Crippen LogP contribution in [0.1, 0.15) is 24.0 Å². The maximum atomic E-state index is 13.1. The molecule has 5 nitrogen and oxygen atoms in total. The van der Waals surface area contributed by atoms with Gasteiger partial charge in [-0.05, 0) is 30.0 Å². The molecule has 1 saturated heterocycles. The van der Waals surface area contributed by atoms with Gasteiger partial charge in [-0.2, -0.15) is 0 Å². The van der Waals surface area contributed by atoms with Gasteiger partial charge < -0.3 is 4.90 Å². The van der Waals surface area contributed by atoms with Crippen LogP contribution in [0.25, 0.3) is 5.57 Å². The fraction of sp³-hybridized carbons (Fsp3) is 0.250. The second kappa shape index (κ2) is 6.51. The molecule has 0 unspecified atom stereocenters. The van der Waals surface area contributed by atoms with Gasteiger partial charge in [-0.3, -0.25) is 19.5 Å². The molecule has 1 aromatic heterocycles. The Labute approximate surface area is 146 Å². The summed E-state index contributed by atoms with van der Waals surface area (Å²) < 4.78 is 0. The van der Waals surface area contributed by atoms with E-state index in [1.807, 2.05) is 42.5 Å². The van der Waals surface area contributed by atoms with Gasteiger partial charge in [0, 0.05) is 25.5 Å². The number of likely N-dealkylation sites (tertiary alicyclic amines) is 1. The average molecular weight is 333 g/mol. The number of hydrogen-bond acceptors (Lipinski definition) is 4. The van der Waals surface area contributed by atoms with Gasteiger partial charge in [-0.25, -0.2) is 0 Å². The van der Waals surface area contributed by atoms with E-state index < -0.39 is 0 Å². The highest BCUT2D eigenvalue weighted by Gasteiger charge is 2.41. The molecule has 3 heterocycles. The standard InChI is InChI=1S/C20H19N3O2/c24-19-17(16-8-2-1-3-9-16)18(22-11-4-5-12-22)20(25)23(19)14-15-7-6-10-21-13-15/h1-3,6-10,13H,4-5,11-12,14H2. The van der Waals surface area contributed by atoms with Crippen LogP contribution in [-0.4, -0.2) is 39.7 Å². The van der Waals surface area contributed by atoms with Gasteiger partial charge in [0.2, 0.25) is 0 Å². The second-order valence-corrected chi connectivity index (χ2v) is 6.34. The van der Waals surface area contributed by atoms with E-state index in [2.05, 4.69) is 9.88 Å². The Morgan fingerprint density at radius 1 is 0.920 bits per heavy atom. The minimum absolute atomic E-state index is 0.199. The van der Waals surface area contributed by atoms with Gasteiger partial charge in [-0.1, -0.05) is 36.4 Å². The van der Waals surface area contributed by atoms with E-state index in [0.29, 0.717) is 11.3 Å². The van der Waals surface area contributed by atoms with Crippen LogP contribution >= 0.6 is 0 Å². The molecule has 0 aliphatic carbocycles. The Bertz CT molecular complexity index is 825. The number of carbonyl (C=O) groups excluding carboxylic acids is 2. The summed E-state index contributed by atoms with van der Waals surface area (Å²) in [5.74, 6) is -0.420. The summed E-state index contributed by atoms with van der Waals surface area (Å²) in [6.07, 6.45) is 5.47. The van der Waals surface area contributed by atoms with Crippen molar-refractivity contribution in [1.82, 2.24) is 14.8 Å². The summed E-state index contributed by atoms with van der Waals surface area (Å²) in [4.78, 5) is 33.6. The number of hydrogen-bond donors (Lipinski definition) is 0. The number of amides is 2. The van der Waals surface area contributed by atoms with E-state index in [4.69, 9.17) is 0 Å². The van der Waals surface area contributed by atoms with Crippen LogP contribution in [0, 0.1) is 0 Å². The number of pyridine rings is 1. The molecule has 0 N–H and O–H groups in total. The Morgan fingerprint density at radius 3 is 2.36 bits per heavy atom. The molecule has 0 saturated carbocycles. The third kappa shape index (κ3) is 2.82. The molecule has 1 fully saturated rings. The smallest absolute Gasteiger partial charge is 0.278 e. The summed E-state index contributed by atoms with van der Waals surface area (Å²) >= 11 is 0. The van der Waals surface area contributed by atoms with Crippen LogP contribution in [0.3, 0.4) is 0 Å². The summed E-state index contributed by atoms with van der Waals surface area (Å²) in [6, 6.07) is 13.2. The Morgan fingerprint density at radius 2 is 1.68 bits per heavy atom. The van der Waals surface area contributed by atoms with Crippen molar-refractivity contribution in [2.75, 3.05) is 13.1 Å². The number of rotatable bonds is 4. The van der Waals surface area contributed by atoms with Crippen molar-refractivity contribution in [2.24, 2.45) is 0 Å². The lowest BCUT2D eigenvalue weighted by Crippen LogP contribution is -2.34. The van der Waals surface area contributed by atoms with Gasteiger partial charge in [0.15, 0.2) is 0 Å². The first kappa shape index (κ1) is 15.6. The van der Waals surface area contributed by atoms with Crippen LogP contribution in [-0.2, 0) is 16.1 Å². The molecule has 5 heteroatoms. The van der Waals surface area contributed by atoms with Gasteiger partial charge in [0.05, 0.1) is 12.1 Å². The predicted molar refractivity (Wildman–Crippen MR) is 94.0 cm³/mol. The molecule has 1 aromatic carbocycles. The van der Waals surface area contributed by atoms with Crippen molar-refractivity contribution in [1.29, 1.82) is 0 Å². The maximum Gasteiger partial charge on any atom is 0.278 e. The van der Waals surface area contributed by atoms with Gasteiger partial charge in [0.25, 0.3) is 11.8 Å². The highest BCUT2D eigenvalue weighted by molar-refractivity contribution is 6.35. The van der Waals surface area contributed by atoms with Gasteiger partial charge in [-0.15, -0.1) is 0 Å². The second-order valence-electron chi connectivity index (χ2n) is 6.34. The summed E-state index contributed by atoms with van der Waals surface area (Å²) in [6.45, 7) is 1.90. The zero-order valence-corrected chi connectivity index (χ0v) is 13.9. The molecule has 2 aliphatic heterocycles. The molecule has 0 radical (unpaired) electrons. The number of carbonyl (C=O) groups is 2. The number of aromatic nitrogens is 1. The Kier molecular flexibility index (Phi) is 4.06. The normalized spacial score (nSPS) is 17.8. The van der Waals surface area contributed by atoms with E-state index in [-0.39, 0.29) is 18.4 Å². The predicted octanol–water partition coefficient (Wildman–Crippen LogP) is 2.46. The van der Waals surface area contributed by atoms with Crippen molar-refractivity contribution >= 4 is 17.4 Å². The largest absolute Gasteiger partial charge is 0.366 e. The van der Waals surface area contributed by atoms with Crippen LogP contribution < -0.4 is 0 Å². The van der Waals surface area contributed by atoms with Gasteiger partial charge >= 0.3 is 0 Å². The van der Waals surface area contributed by atoms with E-state index in [1.54, 1.807) is 12.4 Å². The SMILES string of the molecule is O=C1C(c2ccccc2)=C(N2CCCC2)C(=O)N1Cc1cccnc1. The van der Waals surface area contributed by atoms with Crippen molar-refractivity contribution in [2.45, 2.75) is 19.4 Å². The molecule has 0 bridgehead atoms. The fourth-order valence-corrected chi connectivity index (χ4v) is 3.48. The first-order valence-electron chi connectivity index (χ1n) is 8.55. The maximum absolute atomic E-state index is 13.1. The van der Waals surface area contributed by atoms with Gasteiger partial charge in [0.1, 0.15) is 5.70 Å². The van der Waals surface area contributed by atoms with E-state index in [0.717, 1.165) is 37.1 Å². The quantitative estimate of drug-likeness (QED) is 0.807. The minimum Gasteiger partial charge on any atom is -0.366 e. The number of benzene rings is 1. The number of imide groups is 1. The van der Waals surface area contributed by atoms with Crippen molar-refractivity contribution < 1.29 is 9.59 Å². The summed E-state index contributed by atoms with van der Waals surface area (Å²) in [7, 11) is 0. The Hall–Kier alpha value is -2.95. The van der Waals surface area contributed by atoms with Crippen molar-refractivity contribution in [3.63, 3.8) is 0 Å². The number of nitrogens with zero attached hydrogens (tertiary/aromatic N) is 3. The fourth-order valence-electron chi connectivity index (χ4n) is 3.48. The van der Waals surface area contributed by atoms with E-state index in [1.165, 1.54) is 4.90 Å². The lowest BCUT2D eigenvalue weighted by molar-refractivity contribution is -0.138. The lowest BCUT2D eigenvalue weighted by Gasteiger charge is -2.20. The van der Waals surface area contributed by atoms with E-state index >= 15 is 0 Å². The molecule has 2 aromatic rings. The molecule has 2 amide bonds. The zero-order chi connectivity index (χ0) is 17.2. The van der Waals surface area contributed by atoms with Crippen LogP contribution in [0.5, 0.6) is 0 Å². The summed E-state index contributed by atoms with van der Waals surface area (Å²) in [5, 5.41) is 0. The van der Waals surface area contributed by atoms with Crippen LogP contribution in [0.15, 0.2) is 60.6 Å². The van der Waals surface area contributed by atoms with Crippen molar-refractivity contribution in [3.05, 3.63) is 71.7 Å². The molecule has 0 atom stereocenters. The highest BCUT2D eigenvalue weighted by atomic mass is 16.2. The third-order valence-electron chi connectivity index (χ3n) is 4.69. The molecule has 25 heavy (non-hydrogen) atoms. The molecular weight excluding hydrogens is 314 g/mol. The molecule has 4 rings (SSSR count). The lowest BCUT2D eigenvalue weighted by atomic mass is 10.0. The Balaban J connectivity index is 1.74. The molecule has 126 valence electrons. The van der Waals surface area contributed by atoms with Crippen LogP contribution in [0.2, 0.25) is 0 Å². The third-order valence-corrected chi connectivity index (χ3v) is 4.69.